The number of carbonyl (C=O) groups excluding carboxylic acids is 2. The standard InChI is InChI=1S/C22H20FN3O2/c1-2-19(28)26-9-5-6-13(12-26)20-16(23)10-14(11-18(24)27)22-21(20)15-7-3-4-8-17(15)25-22/h2-4,6-8,10,25H,1,5,9,11-12H2,(H2,24,27). The molecule has 2 aromatic carbocycles. The predicted molar refractivity (Wildman–Crippen MR) is 108 cm³/mol. The molecule has 0 fully saturated rings. The maximum atomic E-state index is 15.3. The molecule has 6 heteroatoms. The number of nitrogens with two attached hydrogens (primary N) is 1. The van der Waals surface area contributed by atoms with Gasteiger partial charge in [0.1, 0.15) is 5.82 Å². The molecule has 0 spiro atoms. The van der Waals surface area contributed by atoms with E-state index >= 15 is 4.39 Å². The molecule has 0 unspecified atom stereocenters. The van der Waals surface area contributed by atoms with E-state index < -0.39 is 11.7 Å². The van der Waals surface area contributed by atoms with Crippen molar-refractivity contribution in [3.8, 4) is 0 Å². The Hall–Kier alpha value is -3.41. The SMILES string of the molecule is C=CC(=O)N1CCC=C(c2c(F)cc(CC(N)=O)c3[nH]c4ccccc4c23)C1. The van der Waals surface area contributed by atoms with Gasteiger partial charge in [0, 0.05) is 34.9 Å². The first-order chi connectivity index (χ1) is 13.5. The lowest BCUT2D eigenvalue weighted by atomic mass is 9.93. The van der Waals surface area contributed by atoms with Gasteiger partial charge in [-0.2, -0.15) is 0 Å². The number of nitrogens with zero attached hydrogens (tertiary/aromatic N) is 1. The summed E-state index contributed by atoms with van der Waals surface area (Å²) >= 11 is 0. The highest BCUT2D eigenvalue weighted by Gasteiger charge is 2.24. The summed E-state index contributed by atoms with van der Waals surface area (Å²) in [6.07, 6.45) is 3.83. The van der Waals surface area contributed by atoms with Crippen LogP contribution in [0.4, 0.5) is 4.39 Å². The van der Waals surface area contributed by atoms with E-state index in [2.05, 4.69) is 11.6 Å². The van der Waals surface area contributed by atoms with Gasteiger partial charge < -0.3 is 15.6 Å². The Bertz CT molecular complexity index is 1160. The molecule has 3 aromatic rings. The number of primary amides is 1. The topological polar surface area (TPSA) is 79.2 Å². The van der Waals surface area contributed by atoms with E-state index in [1.54, 1.807) is 4.90 Å². The molecule has 0 saturated heterocycles. The highest BCUT2D eigenvalue weighted by molar-refractivity contribution is 6.14. The van der Waals surface area contributed by atoms with E-state index in [-0.39, 0.29) is 12.3 Å². The second-order valence-electron chi connectivity index (χ2n) is 6.94. The third-order valence-electron chi connectivity index (χ3n) is 5.14. The summed E-state index contributed by atoms with van der Waals surface area (Å²) < 4.78 is 15.3. The number of amides is 2. The van der Waals surface area contributed by atoms with E-state index in [0.29, 0.717) is 41.5 Å². The molecule has 1 aliphatic heterocycles. The number of rotatable bonds is 4. The molecular weight excluding hydrogens is 357 g/mol. The Morgan fingerprint density at radius 2 is 2.11 bits per heavy atom. The monoisotopic (exact) mass is 377 g/mol. The molecular formula is C22H20FN3O2. The van der Waals surface area contributed by atoms with Gasteiger partial charge in [0.2, 0.25) is 11.8 Å². The molecule has 1 aromatic heterocycles. The van der Waals surface area contributed by atoms with Crippen LogP contribution in [0.15, 0.2) is 49.1 Å². The summed E-state index contributed by atoms with van der Waals surface area (Å²) in [5.41, 5.74) is 8.65. The average molecular weight is 377 g/mol. The largest absolute Gasteiger partial charge is 0.369 e. The number of nitrogens with one attached hydrogen (secondary N) is 1. The van der Waals surface area contributed by atoms with Crippen molar-refractivity contribution in [2.24, 2.45) is 5.73 Å². The Kier molecular flexibility index (Phi) is 4.47. The van der Waals surface area contributed by atoms with E-state index in [0.717, 1.165) is 16.5 Å². The summed E-state index contributed by atoms with van der Waals surface area (Å²) in [5, 5.41) is 1.58. The third-order valence-corrected chi connectivity index (χ3v) is 5.14. The smallest absolute Gasteiger partial charge is 0.246 e. The number of hydrogen-bond acceptors (Lipinski definition) is 2. The summed E-state index contributed by atoms with van der Waals surface area (Å²) in [6, 6.07) is 8.98. The number of benzene rings is 2. The summed E-state index contributed by atoms with van der Waals surface area (Å²) in [4.78, 5) is 28.5. The first kappa shape index (κ1) is 18.0. The quantitative estimate of drug-likeness (QED) is 0.684. The van der Waals surface area contributed by atoms with Gasteiger partial charge in [-0.25, -0.2) is 4.39 Å². The molecule has 0 saturated carbocycles. The van der Waals surface area contributed by atoms with Gasteiger partial charge in [0.15, 0.2) is 0 Å². The van der Waals surface area contributed by atoms with Crippen LogP contribution >= 0.6 is 0 Å². The highest BCUT2D eigenvalue weighted by Crippen LogP contribution is 2.37. The van der Waals surface area contributed by atoms with Crippen molar-refractivity contribution in [3.63, 3.8) is 0 Å². The van der Waals surface area contributed by atoms with Gasteiger partial charge in [-0.3, -0.25) is 9.59 Å². The number of carbonyl (C=O) groups is 2. The van der Waals surface area contributed by atoms with Crippen LogP contribution in [0.3, 0.4) is 0 Å². The number of aromatic nitrogens is 1. The molecule has 28 heavy (non-hydrogen) atoms. The number of H-pyrrole nitrogens is 1. The van der Waals surface area contributed by atoms with E-state index in [4.69, 9.17) is 5.73 Å². The minimum absolute atomic E-state index is 0.0549. The van der Waals surface area contributed by atoms with E-state index in [1.165, 1.54) is 12.1 Å². The van der Waals surface area contributed by atoms with Crippen LogP contribution in [-0.2, 0) is 16.0 Å². The fourth-order valence-corrected chi connectivity index (χ4v) is 3.94. The molecule has 3 N–H and O–H groups in total. The van der Waals surface area contributed by atoms with Gasteiger partial charge >= 0.3 is 0 Å². The molecule has 0 atom stereocenters. The lowest BCUT2D eigenvalue weighted by Gasteiger charge is -2.27. The Morgan fingerprint density at radius 3 is 2.86 bits per heavy atom. The Balaban J connectivity index is 1.97. The third kappa shape index (κ3) is 2.97. The molecule has 0 bridgehead atoms. The molecule has 0 aliphatic carbocycles. The van der Waals surface area contributed by atoms with Gasteiger partial charge in [0.05, 0.1) is 11.9 Å². The zero-order chi connectivity index (χ0) is 19.8. The van der Waals surface area contributed by atoms with Crippen molar-refractivity contribution in [3.05, 3.63) is 66.0 Å². The molecule has 4 rings (SSSR count). The highest BCUT2D eigenvalue weighted by atomic mass is 19.1. The van der Waals surface area contributed by atoms with Crippen LogP contribution in [-0.4, -0.2) is 34.8 Å². The maximum Gasteiger partial charge on any atom is 0.246 e. The molecule has 1 aliphatic rings. The zero-order valence-corrected chi connectivity index (χ0v) is 15.3. The first-order valence-electron chi connectivity index (χ1n) is 9.10. The molecule has 0 radical (unpaired) electrons. The van der Waals surface area contributed by atoms with Crippen LogP contribution in [0.2, 0.25) is 0 Å². The zero-order valence-electron chi connectivity index (χ0n) is 15.3. The van der Waals surface area contributed by atoms with Crippen LogP contribution in [0, 0.1) is 5.82 Å². The van der Waals surface area contributed by atoms with E-state index in [9.17, 15) is 9.59 Å². The van der Waals surface area contributed by atoms with Crippen LogP contribution < -0.4 is 5.73 Å². The average Bonchev–Trinajstić information content (AvgIpc) is 3.07. The summed E-state index contributed by atoms with van der Waals surface area (Å²) in [6.45, 7) is 4.43. The maximum absolute atomic E-state index is 15.3. The normalized spacial score (nSPS) is 14.3. The number of para-hydroxylation sites is 1. The minimum Gasteiger partial charge on any atom is -0.369 e. The van der Waals surface area contributed by atoms with Crippen LogP contribution in [0.25, 0.3) is 27.4 Å². The van der Waals surface area contributed by atoms with Crippen molar-refractivity contribution in [2.75, 3.05) is 13.1 Å². The number of fused-ring (bicyclic) bond motifs is 3. The number of halogens is 1. The van der Waals surface area contributed by atoms with Crippen molar-refractivity contribution in [1.82, 2.24) is 9.88 Å². The first-order valence-corrected chi connectivity index (χ1v) is 9.10. The fraction of sp³-hybridized carbons (Fsp3) is 0.182. The second-order valence-corrected chi connectivity index (χ2v) is 6.94. The minimum atomic E-state index is -0.522. The molecule has 2 amide bonds. The van der Waals surface area contributed by atoms with E-state index in [1.807, 2.05) is 30.3 Å². The van der Waals surface area contributed by atoms with Crippen molar-refractivity contribution < 1.29 is 14.0 Å². The molecule has 2 heterocycles. The van der Waals surface area contributed by atoms with Crippen LogP contribution in [0.5, 0.6) is 0 Å². The fourth-order valence-electron chi connectivity index (χ4n) is 3.94. The van der Waals surface area contributed by atoms with Gasteiger partial charge in [-0.05, 0) is 35.8 Å². The van der Waals surface area contributed by atoms with Gasteiger partial charge in [0.25, 0.3) is 0 Å². The Labute approximate surface area is 161 Å². The van der Waals surface area contributed by atoms with Crippen molar-refractivity contribution in [2.45, 2.75) is 12.8 Å². The van der Waals surface area contributed by atoms with Crippen molar-refractivity contribution in [1.29, 1.82) is 0 Å². The number of hydrogen-bond donors (Lipinski definition) is 2. The van der Waals surface area contributed by atoms with Gasteiger partial charge in [-0.15, -0.1) is 0 Å². The predicted octanol–water partition coefficient (Wildman–Crippen LogP) is 3.29. The lowest BCUT2D eigenvalue weighted by molar-refractivity contribution is -0.125. The molecule has 142 valence electrons. The second kappa shape index (κ2) is 6.96. The Morgan fingerprint density at radius 1 is 1.32 bits per heavy atom. The lowest BCUT2D eigenvalue weighted by Crippen LogP contribution is -2.34. The summed E-state index contributed by atoms with van der Waals surface area (Å²) in [5.74, 6) is -1.12. The summed E-state index contributed by atoms with van der Waals surface area (Å²) in [7, 11) is 0. The van der Waals surface area contributed by atoms with Crippen LogP contribution in [0.1, 0.15) is 17.5 Å². The van der Waals surface area contributed by atoms with Crippen molar-refractivity contribution >= 4 is 39.2 Å². The number of aromatic amines is 1. The van der Waals surface area contributed by atoms with Gasteiger partial charge in [-0.1, -0.05) is 30.9 Å². The molecule has 5 nitrogen and oxygen atoms in total.